The van der Waals surface area contributed by atoms with Crippen LogP contribution in [0.5, 0.6) is 5.75 Å². The SMILES string of the molecule is COc1ccc(Br)cc1CC(CBr)c1ccc(F)cc1. The van der Waals surface area contributed by atoms with Crippen LogP contribution in [-0.4, -0.2) is 12.4 Å². The van der Waals surface area contributed by atoms with E-state index in [9.17, 15) is 4.39 Å². The second kappa shape index (κ2) is 7.23. The molecular weight excluding hydrogens is 387 g/mol. The zero-order chi connectivity index (χ0) is 14.5. The fourth-order valence-electron chi connectivity index (χ4n) is 2.17. The van der Waals surface area contributed by atoms with Gasteiger partial charge in [0.2, 0.25) is 0 Å². The monoisotopic (exact) mass is 400 g/mol. The molecule has 106 valence electrons. The summed E-state index contributed by atoms with van der Waals surface area (Å²) < 4.78 is 19.4. The maximum atomic E-state index is 13.0. The first kappa shape index (κ1) is 15.5. The van der Waals surface area contributed by atoms with Crippen LogP contribution in [0.4, 0.5) is 4.39 Å². The summed E-state index contributed by atoms with van der Waals surface area (Å²) in [5, 5.41) is 0.814. The highest BCUT2D eigenvalue weighted by atomic mass is 79.9. The van der Waals surface area contributed by atoms with Gasteiger partial charge >= 0.3 is 0 Å². The zero-order valence-corrected chi connectivity index (χ0v) is 14.2. The van der Waals surface area contributed by atoms with Crippen molar-refractivity contribution in [2.24, 2.45) is 0 Å². The third kappa shape index (κ3) is 3.83. The summed E-state index contributed by atoms with van der Waals surface area (Å²) in [6, 6.07) is 12.7. The number of methoxy groups -OCH3 is 1. The number of benzene rings is 2. The second-order valence-electron chi connectivity index (χ2n) is 4.56. The summed E-state index contributed by atoms with van der Waals surface area (Å²) in [6.07, 6.45) is 0.833. The molecule has 0 heterocycles. The molecule has 2 aromatic carbocycles. The van der Waals surface area contributed by atoms with Gasteiger partial charge in [-0.25, -0.2) is 4.39 Å². The molecular formula is C16H15Br2FO. The number of hydrogen-bond donors (Lipinski definition) is 0. The molecule has 0 aromatic heterocycles. The lowest BCUT2D eigenvalue weighted by molar-refractivity contribution is 0.408. The molecule has 2 aromatic rings. The number of hydrogen-bond acceptors (Lipinski definition) is 1. The van der Waals surface area contributed by atoms with Crippen molar-refractivity contribution in [3.05, 3.63) is 63.9 Å². The molecule has 1 nitrogen and oxygen atoms in total. The lowest BCUT2D eigenvalue weighted by atomic mass is 9.93. The molecule has 0 bridgehead atoms. The fraction of sp³-hybridized carbons (Fsp3) is 0.250. The van der Waals surface area contributed by atoms with Gasteiger partial charge in [0.05, 0.1) is 7.11 Å². The van der Waals surface area contributed by atoms with Gasteiger partial charge in [0, 0.05) is 9.80 Å². The van der Waals surface area contributed by atoms with E-state index >= 15 is 0 Å². The first-order valence-electron chi connectivity index (χ1n) is 6.28. The van der Waals surface area contributed by atoms with E-state index in [0.717, 1.165) is 33.1 Å². The Labute approximate surface area is 135 Å². The molecule has 1 unspecified atom stereocenters. The van der Waals surface area contributed by atoms with Gasteiger partial charge in [0.25, 0.3) is 0 Å². The van der Waals surface area contributed by atoms with Gasteiger partial charge < -0.3 is 4.74 Å². The summed E-state index contributed by atoms with van der Waals surface area (Å²) >= 11 is 7.03. The van der Waals surface area contributed by atoms with E-state index in [-0.39, 0.29) is 11.7 Å². The summed E-state index contributed by atoms with van der Waals surface area (Å²) in [7, 11) is 1.67. The van der Waals surface area contributed by atoms with Crippen molar-refractivity contribution in [2.75, 3.05) is 12.4 Å². The van der Waals surface area contributed by atoms with Crippen LogP contribution in [0.3, 0.4) is 0 Å². The summed E-state index contributed by atoms with van der Waals surface area (Å²) in [5.41, 5.74) is 2.25. The molecule has 0 amide bonds. The highest BCUT2D eigenvalue weighted by molar-refractivity contribution is 9.10. The molecule has 0 radical (unpaired) electrons. The van der Waals surface area contributed by atoms with Crippen LogP contribution in [-0.2, 0) is 6.42 Å². The van der Waals surface area contributed by atoms with Gasteiger partial charge in [-0.05, 0) is 53.8 Å². The topological polar surface area (TPSA) is 9.23 Å². The maximum absolute atomic E-state index is 13.0. The van der Waals surface area contributed by atoms with Crippen molar-refractivity contribution in [3.8, 4) is 5.75 Å². The largest absolute Gasteiger partial charge is 0.496 e. The minimum Gasteiger partial charge on any atom is -0.496 e. The van der Waals surface area contributed by atoms with Crippen molar-refractivity contribution >= 4 is 31.9 Å². The standard InChI is InChI=1S/C16H15Br2FO/c1-20-16-7-4-14(18)9-12(16)8-13(10-17)11-2-5-15(19)6-3-11/h2-7,9,13H,8,10H2,1H3. The lowest BCUT2D eigenvalue weighted by Crippen LogP contribution is -2.06. The molecule has 20 heavy (non-hydrogen) atoms. The molecule has 1 atom stereocenters. The van der Waals surface area contributed by atoms with E-state index in [1.165, 1.54) is 12.1 Å². The van der Waals surface area contributed by atoms with Crippen LogP contribution in [0.2, 0.25) is 0 Å². The Morgan fingerprint density at radius 3 is 2.45 bits per heavy atom. The first-order chi connectivity index (χ1) is 9.63. The zero-order valence-electron chi connectivity index (χ0n) is 11.1. The molecule has 2 rings (SSSR count). The number of alkyl halides is 1. The predicted molar refractivity (Wildman–Crippen MR) is 87.3 cm³/mol. The second-order valence-corrected chi connectivity index (χ2v) is 6.13. The molecule has 4 heteroatoms. The first-order valence-corrected chi connectivity index (χ1v) is 8.19. The van der Waals surface area contributed by atoms with E-state index in [0.29, 0.717) is 0 Å². The van der Waals surface area contributed by atoms with E-state index in [4.69, 9.17) is 4.74 Å². The number of halogens is 3. The highest BCUT2D eigenvalue weighted by Gasteiger charge is 2.14. The Balaban J connectivity index is 2.26. The minimum atomic E-state index is -0.206. The molecule has 0 N–H and O–H groups in total. The Hall–Kier alpha value is -0.870. The third-order valence-electron chi connectivity index (χ3n) is 3.24. The third-order valence-corrected chi connectivity index (χ3v) is 4.51. The van der Waals surface area contributed by atoms with Crippen molar-refractivity contribution in [1.29, 1.82) is 0 Å². The number of rotatable bonds is 5. The maximum Gasteiger partial charge on any atom is 0.123 e. The van der Waals surface area contributed by atoms with Crippen molar-refractivity contribution < 1.29 is 9.13 Å². The van der Waals surface area contributed by atoms with E-state index in [1.807, 2.05) is 24.3 Å². The fourth-order valence-corrected chi connectivity index (χ4v) is 3.18. The summed E-state index contributed by atoms with van der Waals surface area (Å²) in [6.45, 7) is 0. The summed E-state index contributed by atoms with van der Waals surface area (Å²) in [4.78, 5) is 0. The van der Waals surface area contributed by atoms with Crippen LogP contribution in [0.25, 0.3) is 0 Å². The van der Waals surface area contributed by atoms with Crippen LogP contribution in [0, 0.1) is 5.82 Å². The molecule has 0 saturated carbocycles. The lowest BCUT2D eigenvalue weighted by Gasteiger charge is -2.17. The van der Waals surface area contributed by atoms with Gasteiger partial charge in [0.1, 0.15) is 11.6 Å². The molecule has 0 aliphatic carbocycles. The smallest absolute Gasteiger partial charge is 0.123 e. The molecule has 0 spiro atoms. The Morgan fingerprint density at radius 1 is 1.15 bits per heavy atom. The van der Waals surface area contributed by atoms with Gasteiger partial charge in [-0.15, -0.1) is 0 Å². The highest BCUT2D eigenvalue weighted by Crippen LogP contribution is 2.30. The molecule has 0 saturated heterocycles. The average molecular weight is 402 g/mol. The van der Waals surface area contributed by atoms with E-state index < -0.39 is 0 Å². The van der Waals surface area contributed by atoms with Crippen molar-refractivity contribution in [1.82, 2.24) is 0 Å². The van der Waals surface area contributed by atoms with Gasteiger partial charge in [-0.1, -0.05) is 44.0 Å². The molecule has 0 aliphatic rings. The number of ether oxygens (including phenoxy) is 1. The molecule has 0 aliphatic heterocycles. The van der Waals surface area contributed by atoms with Crippen LogP contribution < -0.4 is 4.74 Å². The van der Waals surface area contributed by atoms with Gasteiger partial charge in [-0.2, -0.15) is 0 Å². The Kier molecular flexibility index (Phi) is 5.61. The predicted octanol–water partition coefficient (Wildman–Crippen LogP) is 5.32. The quantitative estimate of drug-likeness (QED) is 0.616. The van der Waals surface area contributed by atoms with Crippen molar-refractivity contribution in [2.45, 2.75) is 12.3 Å². The van der Waals surface area contributed by atoms with Crippen LogP contribution in [0.1, 0.15) is 17.0 Å². The van der Waals surface area contributed by atoms with E-state index in [1.54, 1.807) is 7.11 Å². The van der Waals surface area contributed by atoms with Gasteiger partial charge in [0.15, 0.2) is 0 Å². The minimum absolute atomic E-state index is 0.206. The Bertz CT molecular complexity index is 569. The van der Waals surface area contributed by atoms with Crippen LogP contribution in [0.15, 0.2) is 46.9 Å². The van der Waals surface area contributed by atoms with Crippen molar-refractivity contribution in [3.63, 3.8) is 0 Å². The average Bonchev–Trinajstić information content (AvgIpc) is 2.46. The summed E-state index contributed by atoms with van der Waals surface area (Å²) in [5.74, 6) is 0.946. The normalized spacial score (nSPS) is 12.2. The molecule has 0 fully saturated rings. The van der Waals surface area contributed by atoms with Crippen LogP contribution >= 0.6 is 31.9 Å². The van der Waals surface area contributed by atoms with Gasteiger partial charge in [-0.3, -0.25) is 0 Å². The Morgan fingerprint density at radius 2 is 1.85 bits per heavy atom. The van der Waals surface area contributed by atoms with E-state index in [2.05, 4.69) is 37.9 Å².